The summed E-state index contributed by atoms with van der Waals surface area (Å²) in [5.41, 5.74) is 0.548. The normalized spacial score (nSPS) is 11.6. The molecule has 0 radical (unpaired) electrons. The van der Waals surface area contributed by atoms with Crippen molar-refractivity contribution >= 4 is 11.4 Å². The zero-order chi connectivity index (χ0) is 13.5. The zero-order valence-corrected chi connectivity index (χ0v) is 10.1. The number of nitriles is 1. The monoisotopic (exact) mass is 249 g/mol. The second kappa shape index (κ2) is 6.57. The van der Waals surface area contributed by atoms with Gasteiger partial charge in [-0.2, -0.15) is 5.26 Å². The van der Waals surface area contributed by atoms with Gasteiger partial charge in [-0.1, -0.05) is 0 Å². The lowest BCUT2D eigenvalue weighted by molar-refractivity contribution is -0.384. The minimum absolute atomic E-state index is 0.105. The molecule has 0 aliphatic heterocycles. The van der Waals surface area contributed by atoms with E-state index in [0.717, 1.165) is 6.42 Å². The van der Waals surface area contributed by atoms with E-state index in [0.29, 0.717) is 18.7 Å². The maximum Gasteiger partial charge on any atom is 0.293 e. The number of nitrogens with zero attached hydrogens (tertiary/aromatic N) is 2. The van der Waals surface area contributed by atoms with Crippen LogP contribution in [0.15, 0.2) is 18.2 Å². The van der Waals surface area contributed by atoms with Crippen molar-refractivity contribution in [1.29, 1.82) is 5.26 Å². The standard InChI is InChI=1S/C12H15N3O3/c1-9(16)3-2-6-14-11-5-4-10(8-13)7-12(11)15(17)18/h4-5,7,9,14,16H,2-3,6H2,1H3. The highest BCUT2D eigenvalue weighted by atomic mass is 16.6. The molecule has 18 heavy (non-hydrogen) atoms. The van der Waals surface area contributed by atoms with Crippen LogP contribution in [0.3, 0.4) is 0 Å². The van der Waals surface area contributed by atoms with Gasteiger partial charge in [0.25, 0.3) is 5.69 Å². The van der Waals surface area contributed by atoms with Crippen LogP contribution in [0, 0.1) is 21.4 Å². The largest absolute Gasteiger partial charge is 0.393 e. The molecule has 0 fully saturated rings. The first-order valence-corrected chi connectivity index (χ1v) is 5.65. The van der Waals surface area contributed by atoms with Crippen LogP contribution in [0.25, 0.3) is 0 Å². The van der Waals surface area contributed by atoms with Gasteiger partial charge in [0.1, 0.15) is 5.69 Å². The summed E-state index contributed by atoms with van der Waals surface area (Å²) in [4.78, 5) is 10.3. The number of aliphatic hydroxyl groups is 1. The molecule has 0 aromatic heterocycles. The predicted molar refractivity (Wildman–Crippen MR) is 67.2 cm³/mol. The summed E-state index contributed by atoms with van der Waals surface area (Å²) in [7, 11) is 0. The fourth-order valence-corrected chi connectivity index (χ4v) is 1.52. The van der Waals surface area contributed by atoms with E-state index in [1.807, 2.05) is 6.07 Å². The average molecular weight is 249 g/mol. The quantitative estimate of drug-likeness (QED) is 0.456. The second-order valence-corrected chi connectivity index (χ2v) is 4.02. The van der Waals surface area contributed by atoms with Gasteiger partial charge in [-0.15, -0.1) is 0 Å². The molecule has 2 N–H and O–H groups in total. The first-order chi connectivity index (χ1) is 8.54. The van der Waals surface area contributed by atoms with Crippen molar-refractivity contribution in [2.75, 3.05) is 11.9 Å². The Morgan fingerprint density at radius 1 is 1.61 bits per heavy atom. The Labute approximate surface area is 105 Å². The Bertz CT molecular complexity index is 466. The fraction of sp³-hybridized carbons (Fsp3) is 0.417. The third kappa shape index (κ3) is 4.03. The van der Waals surface area contributed by atoms with E-state index in [2.05, 4.69) is 5.32 Å². The van der Waals surface area contributed by atoms with Crippen molar-refractivity contribution in [3.8, 4) is 6.07 Å². The second-order valence-electron chi connectivity index (χ2n) is 4.02. The third-order valence-electron chi connectivity index (χ3n) is 2.44. The molecule has 0 heterocycles. The Kier molecular flexibility index (Phi) is 5.08. The number of benzene rings is 1. The number of aliphatic hydroxyl groups excluding tert-OH is 1. The van der Waals surface area contributed by atoms with Crippen molar-refractivity contribution in [2.24, 2.45) is 0 Å². The summed E-state index contributed by atoms with van der Waals surface area (Å²) >= 11 is 0. The summed E-state index contributed by atoms with van der Waals surface area (Å²) < 4.78 is 0. The summed E-state index contributed by atoms with van der Waals surface area (Å²) in [6, 6.07) is 6.17. The van der Waals surface area contributed by atoms with Crippen LogP contribution in [0.2, 0.25) is 0 Å². The highest BCUT2D eigenvalue weighted by molar-refractivity contribution is 5.63. The van der Waals surface area contributed by atoms with Crippen molar-refractivity contribution in [1.82, 2.24) is 0 Å². The van der Waals surface area contributed by atoms with Gasteiger partial charge in [0, 0.05) is 12.6 Å². The molecule has 1 aromatic carbocycles. The van der Waals surface area contributed by atoms with Crippen molar-refractivity contribution < 1.29 is 10.0 Å². The number of rotatable bonds is 6. The van der Waals surface area contributed by atoms with Crippen LogP contribution >= 0.6 is 0 Å². The van der Waals surface area contributed by atoms with Gasteiger partial charge < -0.3 is 10.4 Å². The Morgan fingerprint density at radius 2 is 2.33 bits per heavy atom. The molecule has 0 aliphatic rings. The molecular weight excluding hydrogens is 234 g/mol. The van der Waals surface area contributed by atoms with Gasteiger partial charge in [0.2, 0.25) is 0 Å². The number of hydrogen-bond donors (Lipinski definition) is 2. The molecule has 1 aromatic rings. The topological polar surface area (TPSA) is 99.2 Å². The molecule has 0 amide bonds. The summed E-state index contributed by atoms with van der Waals surface area (Å²) in [6.07, 6.45) is 0.981. The van der Waals surface area contributed by atoms with Gasteiger partial charge in [0.05, 0.1) is 22.7 Å². The van der Waals surface area contributed by atoms with Crippen LogP contribution in [-0.4, -0.2) is 22.7 Å². The lowest BCUT2D eigenvalue weighted by Gasteiger charge is -2.08. The maximum absolute atomic E-state index is 10.8. The molecule has 0 bridgehead atoms. The number of nitro groups is 1. The van der Waals surface area contributed by atoms with Crippen molar-refractivity contribution in [2.45, 2.75) is 25.9 Å². The predicted octanol–water partition coefficient (Wildman–Crippen LogP) is 2.04. The van der Waals surface area contributed by atoms with E-state index in [9.17, 15) is 10.1 Å². The van der Waals surface area contributed by atoms with E-state index >= 15 is 0 Å². The smallest absolute Gasteiger partial charge is 0.293 e. The number of anilines is 1. The number of nitrogens with one attached hydrogen (secondary N) is 1. The number of nitro benzene ring substituents is 1. The first-order valence-electron chi connectivity index (χ1n) is 5.65. The van der Waals surface area contributed by atoms with Crippen molar-refractivity contribution in [3.05, 3.63) is 33.9 Å². The van der Waals surface area contributed by atoms with Gasteiger partial charge in [-0.3, -0.25) is 10.1 Å². The van der Waals surface area contributed by atoms with Crippen LogP contribution in [0.4, 0.5) is 11.4 Å². The summed E-state index contributed by atoms with van der Waals surface area (Å²) in [5.74, 6) is 0. The van der Waals surface area contributed by atoms with Crippen LogP contribution in [-0.2, 0) is 0 Å². The SMILES string of the molecule is CC(O)CCCNc1ccc(C#N)cc1[N+](=O)[O-]. The minimum Gasteiger partial charge on any atom is -0.393 e. The lowest BCUT2D eigenvalue weighted by atomic mass is 10.1. The van der Waals surface area contributed by atoms with E-state index in [4.69, 9.17) is 10.4 Å². The first kappa shape index (κ1) is 13.9. The molecule has 0 saturated heterocycles. The third-order valence-corrected chi connectivity index (χ3v) is 2.44. The molecule has 6 nitrogen and oxygen atoms in total. The Balaban J connectivity index is 2.70. The Hall–Kier alpha value is -2.13. The molecule has 0 saturated carbocycles. The molecule has 6 heteroatoms. The molecule has 1 rings (SSSR count). The maximum atomic E-state index is 10.8. The van der Waals surface area contributed by atoms with Gasteiger partial charge >= 0.3 is 0 Å². The van der Waals surface area contributed by atoms with Crippen LogP contribution in [0.5, 0.6) is 0 Å². The summed E-state index contributed by atoms with van der Waals surface area (Å²) in [6.45, 7) is 2.24. The Morgan fingerprint density at radius 3 is 2.89 bits per heavy atom. The van der Waals surface area contributed by atoms with E-state index < -0.39 is 4.92 Å². The average Bonchev–Trinajstić information content (AvgIpc) is 2.34. The van der Waals surface area contributed by atoms with Gasteiger partial charge in [0.15, 0.2) is 0 Å². The molecule has 96 valence electrons. The molecule has 0 spiro atoms. The molecule has 0 aliphatic carbocycles. The molecule has 1 unspecified atom stereocenters. The minimum atomic E-state index is -0.516. The fourth-order valence-electron chi connectivity index (χ4n) is 1.52. The number of hydrogen-bond acceptors (Lipinski definition) is 5. The lowest BCUT2D eigenvalue weighted by Crippen LogP contribution is -2.08. The summed E-state index contributed by atoms with van der Waals surface area (Å²) in [5, 5.41) is 31.6. The zero-order valence-electron chi connectivity index (χ0n) is 10.1. The van der Waals surface area contributed by atoms with E-state index in [1.54, 1.807) is 6.92 Å². The van der Waals surface area contributed by atoms with Crippen LogP contribution < -0.4 is 5.32 Å². The van der Waals surface area contributed by atoms with E-state index in [-0.39, 0.29) is 17.4 Å². The van der Waals surface area contributed by atoms with E-state index in [1.165, 1.54) is 18.2 Å². The van der Waals surface area contributed by atoms with Crippen LogP contribution in [0.1, 0.15) is 25.3 Å². The molecule has 1 atom stereocenters. The highest BCUT2D eigenvalue weighted by Gasteiger charge is 2.14. The highest BCUT2D eigenvalue weighted by Crippen LogP contribution is 2.25. The van der Waals surface area contributed by atoms with Gasteiger partial charge in [-0.25, -0.2) is 0 Å². The molecular formula is C12H15N3O3. The van der Waals surface area contributed by atoms with Crippen molar-refractivity contribution in [3.63, 3.8) is 0 Å². The van der Waals surface area contributed by atoms with Gasteiger partial charge in [-0.05, 0) is 31.9 Å².